The number of anilines is 1. The molecule has 0 atom stereocenters. The number of hydrogen-bond donors (Lipinski definition) is 2. The van der Waals surface area contributed by atoms with Crippen LogP contribution in [0, 0.1) is 3.57 Å². The van der Waals surface area contributed by atoms with Gasteiger partial charge in [-0.2, -0.15) is 0 Å². The van der Waals surface area contributed by atoms with E-state index in [1.807, 2.05) is 24.3 Å². The van der Waals surface area contributed by atoms with Gasteiger partial charge in [0.05, 0.1) is 0 Å². The van der Waals surface area contributed by atoms with Crippen LogP contribution in [0.5, 0.6) is 0 Å². The van der Waals surface area contributed by atoms with Crippen LogP contribution in [0.4, 0.5) is 5.69 Å². The van der Waals surface area contributed by atoms with E-state index in [0.29, 0.717) is 12.2 Å². The van der Waals surface area contributed by atoms with Crippen molar-refractivity contribution in [3.8, 4) is 0 Å². The van der Waals surface area contributed by atoms with Gasteiger partial charge in [-0.1, -0.05) is 0 Å². The van der Waals surface area contributed by atoms with Gasteiger partial charge in [-0.25, -0.2) is 4.98 Å². The first-order valence-electron chi connectivity index (χ1n) is 4.90. The van der Waals surface area contributed by atoms with E-state index in [1.165, 1.54) is 11.3 Å². The second-order valence-electron chi connectivity index (χ2n) is 3.29. The van der Waals surface area contributed by atoms with Gasteiger partial charge in [-0.3, -0.25) is 4.79 Å². The molecule has 0 radical (unpaired) electrons. The molecule has 17 heavy (non-hydrogen) atoms. The number of hydrogen-bond acceptors (Lipinski definition) is 4. The Balaban J connectivity index is 2.08. The van der Waals surface area contributed by atoms with Crippen LogP contribution in [0.3, 0.4) is 0 Å². The number of nitrogens with two attached hydrogens (primary N) is 1. The van der Waals surface area contributed by atoms with Crippen molar-refractivity contribution in [3.63, 3.8) is 0 Å². The van der Waals surface area contributed by atoms with Crippen LogP contribution >= 0.6 is 33.9 Å². The SMILES string of the molecule is NCc1nc(C(=O)Nc2ccc(I)cc2)cs1. The van der Waals surface area contributed by atoms with Gasteiger partial charge >= 0.3 is 0 Å². The van der Waals surface area contributed by atoms with Crippen LogP contribution < -0.4 is 11.1 Å². The highest BCUT2D eigenvalue weighted by Crippen LogP contribution is 2.14. The predicted molar refractivity (Wildman–Crippen MR) is 77.1 cm³/mol. The lowest BCUT2D eigenvalue weighted by molar-refractivity contribution is 0.102. The molecule has 3 N–H and O–H groups in total. The number of halogens is 1. The molecule has 1 aromatic heterocycles. The molecular weight excluding hydrogens is 349 g/mol. The molecule has 1 amide bonds. The van der Waals surface area contributed by atoms with Crippen LogP contribution in [0.25, 0.3) is 0 Å². The fourth-order valence-electron chi connectivity index (χ4n) is 1.24. The Hall–Kier alpha value is -0.990. The standard InChI is InChI=1S/C11H10IN3OS/c12-7-1-3-8(4-2-7)14-11(16)9-6-17-10(5-13)15-9/h1-4,6H,5,13H2,(H,14,16). The monoisotopic (exact) mass is 359 g/mol. The molecule has 0 aliphatic rings. The summed E-state index contributed by atoms with van der Waals surface area (Å²) in [4.78, 5) is 15.9. The molecule has 6 heteroatoms. The third-order valence-electron chi connectivity index (χ3n) is 2.06. The van der Waals surface area contributed by atoms with Crippen LogP contribution in [0.2, 0.25) is 0 Å². The maximum atomic E-state index is 11.8. The highest BCUT2D eigenvalue weighted by Gasteiger charge is 2.10. The van der Waals surface area contributed by atoms with Gasteiger partial charge in [-0.05, 0) is 46.9 Å². The number of rotatable bonds is 3. The van der Waals surface area contributed by atoms with E-state index in [-0.39, 0.29) is 5.91 Å². The third kappa shape index (κ3) is 3.24. The van der Waals surface area contributed by atoms with Crippen molar-refractivity contribution in [3.05, 3.63) is 43.9 Å². The van der Waals surface area contributed by atoms with Crippen LogP contribution in [-0.2, 0) is 6.54 Å². The number of nitrogens with one attached hydrogen (secondary N) is 1. The first-order valence-corrected chi connectivity index (χ1v) is 6.86. The molecule has 0 saturated heterocycles. The van der Waals surface area contributed by atoms with Gasteiger partial charge in [0.1, 0.15) is 10.7 Å². The molecule has 4 nitrogen and oxygen atoms in total. The summed E-state index contributed by atoms with van der Waals surface area (Å²) in [7, 11) is 0. The summed E-state index contributed by atoms with van der Waals surface area (Å²) in [6.07, 6.45) is 0. The second-order valence-corrected chi connectivity index (χ2v) is 5.48. The Kier molecular flexibility index (Phi) is 4.08. The van der Waals surface area contributed by atoms with E-state index in [1.54, 1.807) is 5.38 Å². The molecule has 0 saturated carbocycles. The lowest BCUT2D eigenvalue weighted by Gasteiger charge is -2.02. The molecule has 2 rings (SSSR count). The van der Waals surface area contributed by atoms with Crippen molar-refractivity contribution < 1.29 is 4.79 Å². The minimum absolute atomic E-state index is 0.206. The maximum Gasteiger partial charge on any atom is 0.275 e. The normalized spacial score (nSPS) is 10.2. The van der Waals surface area contributed by atoms with Crippen molar-refractivity contribution in [1.29, 1.82) is 0 Å². The predicted octanol–water partition coefficient (Wildman–Crippen LogP) is 2.46. The minimum atomic E-state index is -0.206. The summed E-state index contributed by atoms with van der Waals surface area (Å²) < 4.78 is 1.12. The van der Waals surface area contributed by atoms with Crippen LogP contribution in [0.1, 0.15) is 15.5 Å². The Morgan fingerprint density at radius 2 is 2.12 bits per heavy atom. The van der Waals surface area contributed by atoms with E-state index in [0.717, 1.165) is 14.3 Å². The summed E-state index contributed by atoms with van der Waals surface area (Å²) in [5.41, 5.74) is 6.62. The second kappa shape index (κ2) is 5.56. The lowest BCUT2D eigenvalue weighted by atomic mass is 10.3. The van der Waals surface area contributed by atoms with E-state index >= 15 is 0 Å². The van der Waals surface area contributed by atoms with Gasteiger partial charge in [-0.15, -0.1) is 11.3 Å². The Morgan fingerprint density at radius 1 is 1.41 bits per heavy atom. The summed E-state index contributed by atoms with van der Waals surface area (Å²) >= 11 is 3.61. The van der Waals surface area contributed by atoms with Crippen LogP contribution in [0.15, 0.2) is 29.6 Å². The van der Waals surface area contributed by atoms with Crippen molar-refractivity contribution in [2.45, 2.75) is 6.54 Å². The zero-order chi connectivity index (χ0) is 12.3. The highest BCUT2D eigenvalue weighted by molar-refractivity contribution is 14.1. The number of aromatic nitrogens is 1. The van der Waals surface area contributed by atoms with Gasteiger partial charge in [0.2, 0.25) is 0 Å². The molecule has 0 unspecified atom stereocenters. The molecule has 1 heterocycles. The van der Waals surface area contributed by atoms with Crippen molar-refractivity contribution in [2.24, 2.45) is 5.73 Å². The molecule has 0 bridgehead atoms. The maximum absolute atomic E-state index is 11.8. The largest absolute Gasteiger partial charge is 0.325 e. The van der Waals surface area contributed by atoms with E-state index < -0.39 is 0 Å². The van der Waals surface area contributed by atoms with E-state index in [9.17, 15) is 4.79 Å². The van der Waals surface area contributed by atoms with Gasteiger partial charge < -0.3 is 11.1 Å². The Labute approximate surface area is 116 Å². The van der Waals surface area contributed by atoms with Crippen molar-refractivity contribution in [1.82, 2.24) is 4.98 Å². The minimum Gasteiger partial charge on any atom is -0.325 e. The topological polar surface area (TPSA) is 68.0 Å². The van der Waals surface area contributed by atoms with Gasteiger partial charge in [0, 0.05) is 21.2 Å². The third-order valence-corrected chi connectivity index (χ3v) is 3.65. The first kappa shape index (κ1) is 12.5. The zero-order valence-electron chi connectivity index (χ0n) is 8.81. The quantitative estimate of drug-likeness (QED) is 0.828. The van der Waals surface area contributed by atoms with E-state index in [2.05, 4.69) is 32.9 Å². The van der Waals surface area contributed by atoms with E-state index in [4.69, 9.17) is 5.73 Å². The number of amides is 1. The molecule has 88 valence electrons. The number of thiazole rings is 1. The first-order chi connectivity index (χ1) is 8.19. The molecule has 0 spiro atoms. The van der Waals surface area contributed by atoms with Crippen molar-refractivity contribution >= 4 is 45.5 Å². The Morgan fingerprint density at radius 3 is 2.71 bits per heavy atom. The molecule has 0 aliphatic heterocycles. The molecule has 2 aromatic rings. The summed E-state index contributed by atoms with van der Waals surface area (Å²) in [5.74, 6) is -0.206. The van der Waals surface area contributed by atoms with Gasteiger partial charge in [0.15, 0.2) is 0 Å². The number of nitrogens with zero attached hydrogens (tertiary/aromatic N) is 1. The number of carbonyl (C=O) groups excluding carboxylic acids is 1. The average Bonchev–Trinajstić information content (AvgIpc) is 2.81. The number of benzene rings is 1. The highest BCUT2D eigenvalue weighted by atomic mass is 127. The Bertz CT molecular complexity index is 524. The average molecular weight is 359 g/mol. The smallest absolute Gasteiger partial charge is 0.275 e. The summed E-state index contributed by atoms with van der Waals surface area (Å²) in [6.45, 7) is 0.363. The summed E-state index contributed by atoms with van der Waals surface area (Å²) in [5, 5.41) is 5.26. The fraction of sp³-hybridized carbons (Fsp3) is 0.0909. The molecular formula is C11H10IN3OS. The van der Waals surface area contributed by atoms with Gasteiger partial charge in [0.25, 0.3) is 5.91 Å². The van der Waals surface area contributed by atoms with Crippen molar-refractivity contribution in [2.75, 3.05) is 5.32 Å². The fourth-order valence-corrected chi connectivity index (χ4v) is 2.25. The van der Waals surface area contributed by atoms with Crippen LogP contribution in [-0.4, -0.2) is 10.9 Å². The molecule has 0 aliphatic carbocycles. The summed E-state index contributed by atoms with van der Waals surface area (Å²) in [6, 6.07) is 7.58. The molecule has 1 aromatic carbocycles. The zero-order valence-corrected chi connectivity index (χ0v) is 11.8. The lowest BCUT2D eigenvalue weighted by Crippen LogP contribution is -2.12. The molecule has 0 fully saturated rings. The number of carbonyl (C=O) groups is 1.